The third kappa shape index (κ3) is 5.35. The van der Waals surface area contributed by atoms with Gasteiger partial charge in [-0.3, -0.25) is 15.3 Å². The van der Waals surface area contributed by atoms with Gasteiger partial charge in [-0.15, -0.1) is 0 Å². The normalized spacial score (nSPS) is 12.1. The second kappa shape index (κ2) is 11.9. The first-order valence-electron chi connectivity index (χ1n) is 14.1. The third-order valence-electron chi connectivity index (χ3n) is 7.36. The topological polar surface area (TPSA) is 137 Å². The molecule has 215 valence electrons. The number of fused-ring (bicyclic) bond motifs is 2. The Bertz CT molecular complexity index is 1530. The van der Waals surface area contributed by atoms with Crippen LogP contribution >= 0.6 is 0 Å². The van der Waals surface area contributed by atoms with Gasteiger partial charge in [-0.2, -0.15) is 0 Å². The summed E-state index contributed by atoms with van der Waals surface area (Å²) < 4.78 is 11.6. The summed E-state index contributed by atoms with van der Waals surface area (Å²) in [6.45, 7) is 4.22. The average molecular weight is 567 g/mol. The van der Waals surface area contributed by atoms with Crippen molar-refractivity contribution in [2.75, 3.05) is 0 Å². The minimum absolute atomic E-state index is 0.185. The smallest absolute Gasteiger partial charge is 0.202 e. The number of ether oxygens (including phenoxy) is 2. The predicted molar refractivity (Wildman–Crippen MR) is 158 cm³/mol. The van der Waals surface area contributed by atoms with Gasteiger partial charge in [-0.25, -0.2) is 0 Å². The van der Waals surface area contributed by atoms with Gasteiger partial charge in [0.05, 0.1) is 27.9 Å². The van der Waals surface area contributed by atoms with Crippen molar-refractivity contribution < 1.29 is 34.4 Å². The molecule has 0 aromatic heterocycles. The Kier molecular flexibility index (Phi) is 8.06. The number of phenolic OH excluding ortho intramolecular Hbond substituents is 3. The summed E-state index contributed by atoms with van der Waals surface area (Å²) in [5.74, 6) is -3.40. The molecule has 8 heteroatoms. The highest BCUT2D eigenvalue weighted by molar-refractivity contribution is 6.33. The first-order valence-corrected chi connectivity index (χ1v) is 14.1. The number of hydrogen-bond acceptors (Lipinski definition) is 7. The zero-order chi connectivity index (χ0) is 30.0. The minimum atomic E-state index is -0.925. The molecule has 0 saturated heterocycles. The van der Waals surface area contributed by atoms with Crippen LogP contribution in [0, 0.1) is 0 Å². The largest absolute Gasteiger partial charge is 0.507 e. The number of carbonyl (C=O) groups excluding carboxylic acids is 2. The fraction of sp³-hybridized carbons (Fsp3) is 0.235. The molecule has 1 aliphatic rings. The minimum Gasteiger partial charge on any atom is -0.507 e. The molecule has 5 rings (SSSR count). The maximum Gasteiger partial charge on any atom is 0.202 e. The van der Waals surface area contributed by atoms with E-state index in [9.17, 15) is 24.9 Å². The molecule has 0 spiro atoms. The zero-order valence-corrected chi connectivity index (χ0v) is 23.5. The van der Waals surface area contributed by atoms with Crippen molar-refractivity contribution in [3.63, 3.8) is 0 Å². The van der Waals surface area contributed by atoms with E-state index in [-0.39, 0.29) is 17.2 Å². The second-order valence-corrected chi connectivity index (χ2v) is 10.4. The fourth-order valence-electron chi connectivity index (χ4n) is 5.06. The molecule has 4 N–H and O–H groups in total. The Hall–Kier alpha value is -4.98. The van der Waals surface area contributed by atoms with E-state index in [4.69, 9.17) is 15.2 Å². The number of aromatic hydroxyl groups is 3. The van der Waals surface area contributed by atoms with Crippen LogP contribution in [0.25, 0.3) is 0 Å². The number of benzene rings is 4. The van der Waals surface area contributed by atoms with Gasteiger partial charge in [0.2, 0.25) is 11.6 Å². The number of carbonyl (C=O) groups is 2. The molecule has 0 fully saturated rings. The van der Waals surface area contributed by atoms with Gasteiger partial charge in [-0.1, -0.05) is 51.0 Å². The molecular formula is C34H32NO7. The highest BCUT2D eigenvalue weighted by atomic mass is 16.5. The molecule has 0 amide bonds. The van der Waals surface area contributed by atoms with Crippen LogP contribution in [0.2, 0.25) is 0 Å². The lowest BCUT2D eigenvalue weighted by molar-refractivity contribution is 0.0971. The van der Waals surface area contributed by atoms with Gasteiger partial charge in [0.1, 0.15) is 17.2 Å². The fourth-order valence-corrected chi connectivity index (χ4v) is 5.06. The Morgan fingerprint density at radius 2 is 1.05 bits per heavy atom. The van der Waals surface area contributed by atoms with Crippen molar-refractivity contribution in [2.45, 2.75) is 52.4 Å². The predicted octanol–water partition coefficient (Wildman–Crippen LogP) is 7.76. The Labute approximate surface area is 244 Å². The first kappa shape index (κ1) is 28.5. The number of phenols is 3. The number of rotatable bonds is 10. The van der Waals surface area contributed by atoms with E-state index < -0.39 is 51.1 Å². The number of hydrogen-bond donors (Lipinski definition) is 3. The molecule has 8 nitrogen and oxygen atoms in total. The maximum absolute atomic E-state index is 13.6. The highest BCUT2D eigenvalue weighted by Gasteiger charge is 2.40. The summed E-state index contributed by atoms with van der Waals surface area (Å²) in [7, 11) is 0. The van der Waals surface area contributed by atoms with E-state index in [1.165, 1.54) is 0 Å². The van der Waals surface area contributed by atoms with Crippen molar-refractivity contribution in [3.8, 4) is 40.2 Å². The lowest BCUT2D eigenvalue weighted by atomic mass is 9.81. The lowest BCUT2D eigenvalue weighted by Crippen LogP contribution is -2.22. The number of ketones is 2. The molecule has 1 aliphatic carbocycles. The molecule has 1 radical (unpaired) electrons. The maximum atomic E-state index is 13.6. The lowest BCUT2D eigenvalue weighted by Gasteiger charge is -2.23. The summed E-state index contributed by atoms with van der Waals surface area (Å²) in [6.07, 6.45) is 6.06. The number of nitrogens with one attached hydrogen (secondary N) is 1. The van der Waals surface area contributed by atoms with Crippen molar-refractivity contribution >= 4 is 17.3 Å². The molecule has 0 atom stereocenters. The second-order valence-electron chi connectivity index (χ2n) is 10.4. The van der Waals surface area contributed by atoms with Crippen molar-refractivity contribution in [1.29, 1.82) is 0 Å². The van der Waals surface area contributed by atoms with Gasteiger partial charge >= 0.3 is 0 Å². The molecule has 0 saturated carbocycles. The van der Waals surface area contributed by atoms with Crippen LogP contribution in [-0.2, 0) is 12.8 Å². The van der Waals surface area contributed by atoms with Crippen LogP contribution in [0.4, 0.5) is 5.69 Å². The van der Waals surface area contributed by atoms with Crippen LogP contribution in [0.1, 0.15) is 82.5 Å². The van der Waals surface area contributed by atoms with E-state index in [2.05, 4.69) is 13.8 Å². The van der Waals surface area contributed by atoms with E-state index in [0.29, 0.717) is 11.5 Å². The summed E-state index contributed by atoms with van der Waals surface area (Å²) >= 11 is 0. The Morgan fingerprint density at radius 1 is 0.619 bits per heavy atom. The average Bonchev–Trinajstić information content (AvgIpc) is 2.98. The molecule has 4 aromatic carbocycles. The Morgan fingerprint density at radius 3 is 1.52 bits per heavy atom. The van der Waals surface area contributed by atoms with E-state index in [0.717, 1.165) is 61.8 Å². The van der Waals surface area contributed by atoms with Gasteiger partial charge in [-0.05, 0) is 61.1 Å². The SMILES string of the molecule is CCCCc1ccc(Oc2cc([NH])c3c(c2O)C(=O)c2c(O)cc(Oc4ccc(CCCC)cc4)c(O)c2C3=O)cc1. The van der Waals surface area contributed by atoms with Crippen LogP contribution in [0.5, 0.6) is 40.2 Å². The number of aryl methyl sites for hydroxylation is 2. The molecule has 0 bridgehead atoms. The van der Waals surface area contributed by atoms with Crippen molar-refractivity contribution in [3.05, 3.63) is 94.0 Å². The molecule has 0 heterocycles. The summed E-state index contributed by atoms with van der Waals surface area (Å²) in [4.78, 5) is 27.2. The van der Waals surface area contributed by atoms with Crippen LogP contribution < -0.4 is 15.2 Å². The standard InChI is InChI=1S/C34H32NO7/c1-3-5-7-19-9-13-21(14-10-19)41-25-17-23(35)27-29(31(25)37)34(40)28-24(36)18-26(32(38)30(28)33(27)39)42-22-15-11-20(12-16-22)8-6-4-2/h9-18,35-38H,3-8H2,1-2H3. The van der Waals surface area contributed by atoms with Crippen molar-refractivity contribution in [1.82, 2.24) is 5.73 Å². The third-order valence-corrected chi connectivity index (χ3v) is 7.36. The molecule has 0 aliphatic heterocycles. The number of unbranched alkanes of at least 4 members (excludes halogenated alkanes) is 2. The molecular weight excluding hydrogens is 534 g/mol. The van der Waals surface area contributed by atoms with E-state index in [1.807, 2.05) is 24.3 Å². The summed E-state index contributed by atoms with van der Waals surface area (Å²) in [6, 6.07) is 16.6. The van der Waals surface area contributed by atoms with Gasteiger partial charge in [0.25, 0.3) is 0 Å². The summed E-state index contributed by atoms with van der Waals surface area (Å²) in [5.41, 5.74) is 8.52. The zero-order valence-electron chi connectivity index (χ0n) is 23.5. The monoisotopic (exact) mass is 566 g/mol. The molecule has 42 heavy (non-hydrogen) atoms. The van der Waals surface area contributed by atoms with E-state index in [1.54, 1.807) is 24.3 Å². The van der Waals surface area contributed by atoms with E-state index >= 15 is 0 Å². The Balaban J connectivity index is 1.47. The quantitative estimate of drug-likeness (QED) is 0.147. The van der Waals surface area contributed by atoms with Gasteiger partial charge in [0, 0.05) is 12.1 Å². The molecule has 0 unspecified atom stereocenters. The highest BCUT2D eigenvalue weighted by Crippen LogP contribution is 2.49. The van der Waals surface area contributed by atoms with Crippen molar-refractivity contribution in [2.24, 2.45) is 0 Å². The van der Waals surface area contributed by atoms with Crippen LogP contribution in [-0.4, -0.2) is 26.9 Å². The van der Waals surface area contributed by atoms with Crippen LogP contribution in [0.15, 0.2) is 60.7 Å². The molecule has 4 aromatic rings. The van der Waals surface area contributed by atoms with Gasteiger partial charge < -0.3 is 24.8 Å². The summed E-state index contributed by atoms with van der Waals surface area (Å²) in [5, 5.41) is 32.9. The van der Waals surface area contributed by atoms with Crippen LogP contribution in [0.3, 0.4) is 0 Å². The van der Waals surface area contributed by atoms with Gasteiger partial charge in [0.15, 0.2) is 23.0 Å². The first-order chi connectivity index (χ1) is 20.2.